The summed E-state index contributed by atoms with van der Waals surface area (Å²) in [6.07, 6.45) is 3.08. The van der Waals surface area contributed by atoms with Gasteiger partial charge in [0.2, 0.25) is 0 Å². The Morgan fingerprint density at radius 2 is 2.38 bits per heavy atom. The lowest BCUT2D eigenvalue weighted by Gasteiger charge is -2.24. The summed E-state index contributed by atoms with van der Waals surface area (Å²) in [6.45, 7) is 0.436. The first-order chi connectivity index (χ1) is 6.09. The average molecular weight is 202 g/mol. The summed E-state index contributed by atoms with van der Waals surface area (Å²) in [6, 6.07) is 0. The topological polar surface area (TPSA) is 92.1 Å². The molecule has 0 aromatic carbocycles. The lowest BCUT2D eigenvalue weighted by atomic mass is 10.1. The molecule has 2 rings (SSSR count). The Kier molecular flexibility index (Phi) is 1.77. The summed E-state index contributed by atoms with van der Waals surface area (Å²) >= 11 is 0. The minimum Gasteiger partial charge on any atom is -0.280 e. The number of aromatic nitrogens is 2. The molecule has 7 heteroatoms. The fraction of sp³-hybridized carbons (Fsp3) is 0.500. The zero-order valence-corrected chi connectivity index (χ0v) is 7.71. The molecule has 0 bridgehead atoms. The standard InChI is InChI=1S/C6H10N4O2S/c7-13(11,12)10-3-1-2-5-6(10)4-8-9-5/h4H,1-3H2,(H,8,9)(H2,7,11,12). The van der Waals surface area contributed by atoms with E-state index >= 15 is 0 Å². The van der Waals surface area contributed by atoms with Crippen LogP contribution in [-0.2, 0) is 16.6 Å². The number of aromatic amines is 1. The van der Waals surface area contributed by atoms with E-state index in [0.29, 0.717) is 12.2 Å². The fourth-order valence-electron chi connectivity index (χ4n) is 1.49. The predicted octanol–water partition coefficient (Wildman–Crippen LogP) is -0.634. The van der Waals surface area contributed by atoms with E-state index in [1.807, 2.05) is 0 Å². The second-order valence-electron chi connectivity index (χ2n) is 2.95. The van der Waals surface area contributed by atoms with E-state index in [1.165, 1.54) is 10.5 Å². The van der Waals surface area contributed by atoms with Gasteiger partial charge in [-0.05, 0) is 12.8 Å². The minimum absolute atomic E-state index is 0.436. The normalized spacial score (nSPS) is 17.2. The van der Waals surface area contributed by atoms with Crippen molar-refractivity contribution in [2.75, 3.05) is 10.8 Å². The van der Waals surface area contributed by atoms with Crippen molar-refractivity contribution < 1.29 is 8.42 Å². The molecule has 3 N–H and O–H groups in total. The molecular weight excluding hydrogens is 192 g/mol. The highest BCUT2D eigenvalue weighted by atomic mass is 32.2. The van der Waals surface area contributed by atoms with Gasteiger partial charge >= 0.3 is 0 Å². The van der Waals surface area contributed by atoms with E-state index in [2.05, 4.69) is 10.2 Å². The molecule has 1 aliphatic rings. The molecule has 0 amide bonds. The third-order valence-corrected chi connectivity index (χ3v) is 3.05. The number of rotatable bonds is 1. The smallest absolute Gasteiger partial charge is 0.280 e. The van der Waals surface area contributed by atoms with E-state index in [4.69, 9.17) is 5.14 Å². The van der Waals surface area contributed by atoms with Crippen LogP contribution in [0.2, 0.25) is 0 Å². The van der Waals surface area contributed by atoms with E-state index in [0.717, 1.165) is 18.5 Å². The molecule has 1 aromatic rings. The summed E-state index contributed by atoms with van der Waals surface area (Å²) < 4.78 is 23.4. The number of hydrogen-bond acceptors (Lipinski definition) is 3. The van der Waals surface area contributed by atoms with Crippen molar-refractivity contribution in [2.24, 2.45) is 5.14 Å². The van der Waals surface area contributed by atoms with Gasteiger partial charge in [0.1, 0.15) is 0 Å². The number of anilines is 1. The summed E-state index contributed by atoms with van der Waals surface area (Å²) in [5.74, 6) is 0. The predicted molar refractivity (Wildman–Crippen MR) is 47.4 cm³/mol. The quantitative estimate of drug-likeness (QED) is 0.634. The first-order valence-electron chi connectivity index (χ1n) is 3.92. The number of nitrogens with two attached hydrogens (primary N) is 1. The molecule has 1 aliphatic heterocycles. The van der Waals surface area contributed by atoms with Crippen molar-refractivity contribution in [3.63, 3.8) is 0 Å². The van der Waals surface area contributed by atoms with Crippen LogP contribution >= 0.6 is 0 Å². The van der Waals surface area contributed by atoms with Crippen LogP contribution in [0.25, 0.3) is 0 Å². The number of H-pyrrole nitrogens is 1. The van der Waals surface area contributed by atoms with Gasteiger partial charge in [0.05, 0.1) is 17.6 Å². The molecule has 0 saturated carbocycles. The Balaban J connectivity index is 2.47. The number of nitrogens with zero attached hydrogens (tertiary/aromatic N) is 2. The largest absolute Gasteiger partial charge is 0.299 e. The van der Waals surface area contributed by atoms with Crippen molar-refractivity contribution in [3.05, 3.63) is 11.9 Å². The Hall–Kier alpha value is -1.08. The molecule has 13 heavy (non-hydrogen) atoms. The third-order valence-electron chi connectivity index (χ3n) is 2.06. The first kappa shape index (κ1) is 8.52. The SMILES string of the molecule is NS(=O)(=O)N1CCCc2[nH]ncc21. The van der Waals surface area contributed by atoms with Crippen molar-refractivity contribution >= 4 is 15.9 Å². The van der Waals surface area contributed by atoms with E-state index in [1.54, 1.807) is 0 Å². The van der Waals surface area contributed by atoms with Crippen LogP contribution in [0.15, 0.2) is 6.20 Å². The lowest BCUT2D eigenvalue weighted by Crippen LogP contribution is -2.39. The maximum atomic E-state index is 11.1. The van der Waals surface area contributed by atoms with E-state index in [-0.39, 0.29) is 0 Å². The van der Waals surface area contributed by atoms with E-state index in [9.17, 15) is 8.42 Å². The van der Waals surface area contributed by atoms with Crippen LogP contribution in [-0.4, -0.2) is 25.2 Å². The van der Waals surface area contributed by atoms with Crippen molar-refractivity contribution in [1.82, 2.24) is 10.2 Å². The van der Waals surface area contributed by atoms with Gasteiger partial charge < -0.3 is 0 Å². The molecule has 72 valence electrons. The zero-order chi connectivity index (χ0) is 9.47. The molecule has 0 atom stereocenters. The van der Waals surface area contributed by atoms with Gasteiger partial charge in [-0.25, -0.2) is 5.14 Å². The summed E-state index contributed by atoms with van der Waals surface area (Å²) in [5, 5.41) is 11.6. The molecule has 0 unspecified atom stereocenters. The van der Waals surface area contributed by atoms with Crippen LogP contribution in [0.5, 0.6) is 0 Å². The van der Waals surface area contributed by atoms with Gasteiger partial charge in [0.15, 0.2) is 0 Å². The average Bonchev–Trinajstić information content (AvgIpc) is 2.48. The van der Waals surface area contributed by atoms with Gasteiger partial charge in [-0.2, -0.15) is 13.5 Å². The third kappa shape index (κ3) is 1.40. The number of fused-ring (bicyclic) bond motifs is 1. The molecule has 0 aliphatic carbocycles. The second-order valence-corrected chi connectivity index (χ2v) is 4.43. The highest BCUT2D eigenvalue weighted by Crippen LogP contribution is 2.25. The number of nitrogens with one attached hydrogen (secondary N) is 1. The summed E-state index contributed by atoms with van der Waals surface area (Å²) in [5.41, 5.74) is 1.41. The van der Waals surface area contributed by atoms with Crippen LogP contribution < -0.4 is 9.44 Å². The highest BCUT2D eigenvalue weighted by Gasteiger charge is 2.25. The van der Waals surface area contributed by atoms with Crippen molar-refractivity contribution in [1.29, 1.82) is 0 Å². The maximum Gasteiger partial charge on any atom is 0.299 e. The molecule has 2 heterocycles. The minimum atomic E-state index is -3.64. The molecule has 0 radical (unpaired) electrons. The van der Waals surface area contributed by atoms with Crippen LogP contribution in [0, 0.1) is 0 Å². The van der Waals surface area contributed by atoms with Crippen LogP contribution in [0.4, 0.5) is 5.69 Å². The van der Waals surface area contributed by atoms with Gasteiger partial charge in [-0.15, -0.1) is 0 Å². The number of hydrogen-bond donors (Lipinski definition) is 2. The molecule has 0 fully saturated rings. The first-order valence-corrected chi connectivity index (χ1v) is 5.42. The van der Waals surface area contributed by atoms with Crippen molar-refractivity contribution in [3.8, 4) is 0 Å². The molecule has 6 nitrogen and oxygen atoms in total. The molecular formula is C6H10N4O2S. The summed E-state index contributed by atoms with van der Waals surface area (Å²) in [4.78, 5) is 0. The second kappa shape index (κ2) is 2.71. The molecule has 0 spiro atoms. The van der Waals surface area contributed by atoms with Crippen LogP contribution in [0.3, 0.4) is 0 Å². The Morgan fingerprint density at radius 1 is 1.62 bits per heavy atom. The fourth-order valence-corrected chi connectivity index (χ4v) is 2.30. The van der Waals surface area contributed by atoms with E-state index < -0.39 is 10.2 Å². The van der Waals surface area contributed by atoms with Gasteiger partial charge in [-0.1, -0.05) is 0 Å². The lowest BCUT2D eigenvalue weighted by molar-refractivity contribution is 0.588. The Bertz CT molecular complexity index is 410. The van der Waals surface area contributed by atoms with Crippen LogP contribution in [0.1, 0.15) is 12.1 Å². The maximum absolute atomic E-state index is 11.1. The zero-order valence-electron chi connectivity index (χ0n) is 6.90. The van der Waals surface area contributed by atoms with Crippen molar-refractivity contribution in [2.45, 2.75) is 12.8 Å². The van der Waals surface area contributed by atoms with Gasteiger partial charge in [0, 0.05) is 6.54 Å². The van der Waals surface area contributed by atoms with Gasteiger partial charge in [-0.3, -0.25) is 9.40 Å². The summed E-state index contributed by atoms with van der Waals surface area (Å²) in [7, 11) is -3.64. The van der Waals surface area contributed by atoms with Gasteiger partial charge in [0.25, 0.3) is 10.2 Å². The Labute approximate surface area is 75.9 Å². The molecule has 0 saturated heterocycles. The monoisotopic (exact) mass is 202 g/mol. The highest BCUT2D eigenvalue weighted by molar-refractivity contribution is 7.90. The number of aryl methyl sites for hydroxylation is 1. The Morgan fingerprint density at radius 3 is 3.08 bits per heavy atom. The molecule has 1 aromatic heterocycles.